The van der Waals surface area contributed by atoms with Gasteiger partial charge in [-0.25, -0.2) is 0 Å². The average molecular weight is 261 g/mol. The molecule has 0 aromatic heterocycles. The van der Waals surface area contributed by atoms with Crippen molar-refractivity contribution in [1.29, 1.82) is 0 Å². The van der Waals surface area contributed by atoms with Crippen molar-refractivity contribution in [1.82, 2.24) is 0 Å². The number of thioether (sulfide) groups is 1. The minimum atomic E-state index is -4.44. The molecule has 0 saturated heterocycles. The molecular weight excluding hydrogens is 256 g/mol. The molecule has 78 valence electrons. The molecule has 0 aliphatic carbocycles. The second kappa shape index (κ2) is 4.21. The lowest BCUT2D eigenvalue weighted by Crippen LogP contribution is -2.06. The molecule has 0 heterocycles. The fourth-order valence-electron chi connectivity index (χ4n) is 0.903. The molecule has 0 N–H and O–H groups in total. The maximum Gasteiger partial charge on any atom is 0.417 e. The van der Waals surface area contributed by atoms with Gasteiger partial charge in [0.2, 0.25) is 0 Å². The van der Waals surface area contributed by atoms with Crippen LogP contribution in [-0.2, 0) is 6.18 Å². The molecule has 1 aromatic rings. The van der Waals surface area contributed by atoms with Gasteiger partial charge in [-0.1, -0.05) is 23.2 Å². The van der Waals surface area contributed by atoms with E-state index in [-0.39, 0.29) is 10.0 Å². The van der Waals surface area contributed by atoms with Crippen molar-refractivity contribution in [2.75, 3.05) is 6.26 Å². The van der Waals surface area contributed by atoms with Crippen molar-refractivity contribution in [3.8, 4) is 0 Å². The summed E-state index contributed by atoms with van der Waals surface area (Å²) in [6, 6.07) is 2.06. The first-order chi connectivity index (χ1) is 6.36. The summed E-state index contributed by atoms with van der Waals surface area (Å²) in [5, 5.41) is -0.143. The Kier molecular flexibility index (Phi) is 3.61. The molecule has 1 aromatic carbocycles. The van der Waals surface area contributed by atoms with Crippen LogP contribution >= 0.6 is 35.0 Å². The summed E-state index contributed by atoms with van der Waals surface area (Å²) in [5.74, 6) is 0. The molecular formula is C8H5Cl2F3S. The van der Waals surface area contributed by atoms with E-state index in [2.05, 4.69) is 0 Å². The zero-order valence-electron chi connectivity index (χ0n) is 6.95. The van der Waals surface area contributed by atoms with Gasteiger partial charge in [0, 0.05) is 4.90 Å². The fraction of sp³-hybridized carbons (Fsp3) is 0.250. The monoisotopic (exact) mass is 260 g/mol. The quantitative estimate of drug-likeness (QED) is 0.658. The third kappa shape index (κ3) is 2.49. The Labute approximate surface area is 93.4 Å². The summed E-state index contributed by atoms with van der Waals surface area (Å²) >= 11 is 12.3. The molecule has 0 unspecified atom stereocenters. The maximum atomic E-state index is 12.4. The number of rotatable bonds is 1. The van der Waals surface area contributed by atoms with Crippen LogP contribution in [0.25, 0.3) is 0 Å². The first kappa shape index (κ1) is 12.0. The highest BCUT2D eigenvalue weighted by Crippen LogP contribution is 2.39. The van der Waals surface area contributed by atoms with E-state index in [9.17, 15) is 13.2 Å². The van der Waals surface area contributed by atoms with E-state index in [1.807, 2.05) is 0 Å². The second-order valence-electron chi connectivity index (χ2n) is 2.46. The highest BCUT2D eigenvalue weighted by molar-refractivity contribution is 7.98. The largest absolute Gasteiger partial charge is 0.417 e. The molecule has 0 aliphatic heterocycles. The Balaban J connectivity index is 3.32. The fourth-order valence-corrected chi connectivity index (χ4v) is 2.11. The molecule has 0 atom stereocenters. The molecule has 6 heteroatoms. The molecule has 0 bridgehead atoms. The third-order valence-electron chi connectivity index (χ3n) is 1.55. The van der Waals surface area contributed by atoms with Crippen LogP contribution < -0.4 is 0 Å². The highest BCUT2D eigenvalue weighted by Gasteiger charge is 2.33. The smallest absolute Gasteiger partial charge is 0.166 e. The molecule has 0 saturated carbocycles. The van der Waals surface area contributed by atoms with E-state index < -0.39 is 11.7 Å². The molecule has 0 fully saturated rings. The van der Waals surface area contributed by atoms with Gasteiger partial charge in [-0.15, -0.1) is 11.8 Å². The Bertz CT molecular complexity index is 349. The van der Waals surface area contributed by atoms with Crippen molar-refractivity contribution in [3.63, 3.8) is 0 Å². The van der Waals surface area contributed by atoms with E-state index in [0.717, 1.165) is 23.9 Å². The Hall–Kier alpha value is -0.0600. The standard InChI is InChI=1S/C8H5Cl2F3S/c1-14-7-2-4(8(11,12)13)5(9)3-6(7)10/h2-3H,1H3. The number of hydrogen-bond donors (Lipinski definition) is 0. The molecule has 14 heavy (non-hydrogen) atoms. The molecule has 0 radical (unpaired) electrons. The minimum Gasteiger partial charge on any atom is -0.166 e. The van der Waals surface area contributed by atoms with Gasteiger partial charge < -0.3 is 0 Å². The predicted octanol–water partition coefficient (Wildman–Crippen LogP) is 4.73. The van der Waals surface area contributed by atoms with Crippen LogP contribution in [0.1, 0.15) is 5.56 Å². The van der Waals surface area contributed by atoms with E-state index in [4.69, 9.17) is 23.2 Å². The summed E-state index contributed by atoms with van der Waals surface area (Å²) in [5.41, 5.74) is -0.854. The van der Waals surface area contributed by atoms with Gasteiger partial charge in [-0.3, -0.25) is 0 Å². The van der Waals surface area contributed by atoms with Gasteiger partial charge in [0.25, 0.3) is 0 Å². The average Bonchev–Trinajstić information content (AvgIpc) is 2.02. The van der Waals surface area contributed by atoms with Crippen LogP contribution in [0.15, 0.2) is 17.0 Å². The van der Waals surface area contributed by atoms with Gasteiger partial charge in [0.05, 0.1) is 15.6 Å². The SMILES string of the molecule is CSc1cc(C(F)(F)F)c(Cl)cc1Cl. The molecule has 0 aliphatic rings. The normalized spacial score (nSPS) is 11.9. The number of halogens is 5. The third-order valence-corrected chi connectivity index (χ3v) is 3.06. The van der Waals surface area contributed by atoms with Gasteiger partial charge >= 0.3 is 6.18 Å². The second-order valence-corrected chi connectivity index (χ2v) is 4.13. The zero-order chi connectivity index (χ0) is 10.9. The van der Waals surface area contributed by atoms with E-state index in [0.29, 0.717) is 4.90 Å². The summed E-state index contributed by atoms with van der Waals surface area (Å²) in [6.07, 6.45) is -2.79. The molecule has 1 rings (SSSR count). The summed E-state index contributed by atoms with van der Waals surface area (Å²) in [6.45, 7) is 0. The van der Waals surface area contributed by atoms with E-state index >= 15 is 0 Å². The van der Waals surface area contributed by atoms with Crippen molar-refractivity contribution in [2.24, 2.45) is 0 Å². The molecule has 0 nitrogen and oxygen atoms in total. The van der Waals surface area contributed by atoms with Crippen molar-refractivity contribution in [3.05, 3.63) is 27.7 Å². The van der Waals surface area contributed by atoms with Crippen LogP contribution in [0.5, 0.6) is 0 Å². The first-order valence-electron chi connectivity index (χ1n) is 3.46. The van der Waals surface area contributed by atoms with Gasteiger partial charge in [-0.05, 0) is 18.4 Å². The van der Waals surface area contributed by atoms with Crippen LogP contribution in [0.2, 0.25) is 10.0 Å². The van der Waals surface area contributed by atoms with E-state index in [1.54, 1.807) is 6.26 Å². The first-order valence-corrected chi connectivity index (χ1v) is 5.44. The number of hydrogen-bond acceptors (Lipinski definition) is 1. The number of benzene rings is 1. The summed E-state index contributed by atoms with van der Waals surface area (Å²) in [7, 11) is 0. The Morgan fingerprint density at radius 3 is 2.14 bits per heavy atom. The summed E-state index contributed by atoms with van der Waals surface area (Å²) in [4.78, 5) is 0.364. The molecule has 0 amide bonds. The van der Waals surface area contributed by atoms with Crippen LogP contribution in [-0.4, -0.2) is 6.26 Å². The van der Waals surface area contributed by atoms with Crippen LogP contribution in [0.3, 0.4) is 0 Å². The lowest BCUT2D eigenvalue weighted by molar-refractivity contribution is -0.137. The maximum absolute atomic E-state index is 12.4. The van der Waals surface area contributed by atoms with Crippen LogP contribution in [0.4, 0.5) is 13.2 Å². The van der Waals surface area contributed by atoms with E-state index in [1.165, 1.54) is 0 Å². The van der Waals surface area contributed by atoms with Gasteiger partial charge in [-0.2, -0.15) is 13.2 Å². The zero-order valence-corrected chi connectivity index (χ0v) is 9.28. The summed E-state index contributed by atoms with van der Waals surface area (Å²) < 4.78 is 37.1. The lowest BCUT2D eigenvalue weighted by atomic mass is 10.2. The Morgan fingerprint density at radius 2 is 1.71 bits per heavy atom. The van der Waals surface area contributed by atoms with Crippen molar-refractivity contribution in [2.45, 2.75) is 11.1 Å². The van der Waals surface area contributed by atoms with Gasteiger partial charge in [0.1, 0.15) is 0 Å². The topological polar surface area (TPSA) is 0 Å². The minimum absolute atomic E-state index is 0.232. The van der Waals surface area contributed by atoms with Crippen molar-refractivity contribution < 1.29 is 13.2 Å². The lowest BCUT2D eigenvalue weighted by Gasteiger charge is -2.11. The van der Waals surface area contributed by atoms with Gasteiger partial charge in [0.15, 0.2) is 0 Å². The predicted molar refractivity (Wildman–Crippen MR) is 53.2 cm³/mol. The molecule has 0 spiro atoms. The highest BCUT2D eigenvalue weighted by atomic mass is 35.5. The number of alkyl halides is 3. The Morgan fingerprint density at radius 1 is 1.14 bits per heavy atom. The van der Waals surface area contributed by atoms with Crippen molar-refractivity contribution >= 4 is 35.0 Å². The van der Waals surface area contributed by atoms with Crippen LogP contribution in [0, 0.1) is 0 Å².